The van der Waals surface area contributed by atoms with E-state index in [1.54, 1.807) is 0 Å². The van der Waals surface area contributed by atoms with Crippen LogP contribution in [0.25, 0.3) is 0 Å². The number of carbonyl (C=O) groups excluding carboxylic acids is 1. The topological polar surface area (TPSA) is 35.6 Å². The van der Waals surface area contributed by atoms with E-state index < -0.39 is 0 Å². The van der Waals surface area contributed by atoms with Crippen molar-refractivity contribution in [3.8, 4) is 11.8 Å². The Bertz CT molecular complexity index is 373. The normalized spacial score (nSPS) is 19.7. The van der Waals surface area contributed by atoms with Crippen molar-refractivity contribution in [2.24, 2.45) is 5.92 Å². The summed E-state index contributed by atoms with van der Waals surface area (Å²) in [7, 11) is 2.08. The van der Waals surface area contributed by atoms with E-state index >= 15 is 0 Å². The lowest BCUT2D eigenvalue weighted by molar-refractivity contribution is -0.126. The lowest BCUT2D eigenvalue weighted by Gasteiger charge is -2.28. The summed E-state index contributed by atoms with van der Waals surface area (Å²) in [4.78, 5) is 16.6. The van der Waals surface area contributed by atoms with E-state index in [0.717, 1.165) is 32.5 Å². The summed E-state index contributed by atoms with van der Waals surface area (Å²) in [6, 6.07) is 0.985. The second-order valence-electron chi connectivity index (χ2n) is 6.53. The zero-order chi connectivity index (χ0) is 15.8. The Hall–Kier alpha value is -1.05. The molecule has 1 heterocycles. The van der Waals surface area contributed by atoms with Gasteiger partial charge in [-0.05, 0) is 54.1 Å². The Labute approximate surface area is 130 Å². The van der Waals surface area contributed by atoms with E-state index in [2.05, 4.69) is 61.7 Å². The molecule has 0 aromatic carbocycles. The van der Waals surface area contributed by atoms with Crippen molar-refractivity contribution in [2.75, 3.05) is 33.2 Å². The molecule has 1 unspecified atom stereocenters. The fourth-order valence-electron chi connectivity index (χ4n) is 2.83. The van der Waals surface area contributed by atoms with Gasteiger partial charge >= 0.3 is 0 Å². The van der Waals surface area contributed by atoms with Crippen molar-refractivity contribution in [3.05, 3.63) is 0 Å². The zero-order valence-corrected chi connectivity index (χ0v) is 14.3. The van der Waals surface area contributed by atoms with Gasteiger partial charge in [-0.15, -0.1) is 0 Å². The highest BCUT2D eigenvalue weighted by molar-refractivity contribution is 5.79. The Morgan fingerprint density at radius 1 is 1.29 bits per heavy atom. The van der Waals surface area contributed by atoms with Gasteiger partial charge in [0.05, 0.1) is 19.0 Å². The second-order valence-corrected chi connectivity index (χ2v) is 6.53. The van der Waals surface area contributed by atoms with Crippen LogP contribution in [0.1, 0.15) is 40.5 Å². The highest BCUT2D eigenvalue weighted by Crippen LogP contribution is 2.14. The molecule has 0 saturated carbocycles. The van der Waals surface area contributed by atoms with E-state index in [1.165, 1.54) is 0 Å². The number of nitrogens with zero attached hydrogens (tertiary/aromatic N) is 2. The van der Waals surface area contributed by atoms with Crippen molar-refractivity contribution >= 4 is 5.91 Å². The van der Waals surface area contributed by atoms with Gasteiger partial charge in [0.15, 0.2) is 0 Å². The van der Waals surface area contributed by atoms with Gasteiger partial charge in [-0.2, -0.15) is 0 Å². The molecule has 1 aliphatic heterocycles. The largest absolute Gasteiger partial charge is 0.345 e. The third kappa shape index (κ3) is 6.50. The Kier molecular flexibility index (Phi) is 7.77. The lowest BCUT2D eigenvalue weighted by atomic mass is 9.98. The van der Waals surface area contributed by atoms with E-state index in [4.69, 9.17) is 0 Å². The van der Waals surface area contributed by atoms with Crippen LogP contribution >= 0.6 is 0 Å². The second kappa shape index (κ2) is 9.07. The van der Waals surface area contributed by atoms with Crippen LogP contribution in [0.15, 0.2) is 0 Å². The maximum absolute atomic E-state index is 12.0. The molecule has 1 aliphatic rings. The van der Waals surface area contributed by atoms with Crippen molar-refractivity contribution in [1.29, 1.82) is 0 Å². The first kappa shape index (κ1) is 18.0. The van der Waals surface area contributed by atoms with Gasteiger partial charge in [-0.25, -0.2) is 0 Å². The molecule has 0 aromatic heterocycles. The summed E-state index contributed by atoms with van der Waals surface area (Å²) in [5, 5.41) is 2.95. The molecule has 120 valence electrons. The molecule has 0 aromatic rings. The van der Waals surface area contributed by atoms with Crippen LogP contribution in [0.4, 0.5) is 0 Å². The van der Waals surface area contributed by atoms with Crippen LogP contribution in [-0.4, -0.2) is 61.0 Å². The van der Waals surface area contributed by atoms with Gasteiger partial charge in [-0.3, -0.25) is 9.69 Å². The van der Waals surface area contributed by atoms with Crippen LogP contribution < -0.4 is 5.32 Å². The first-order valence-corrected chi connectivity index (χ1v) is 8.09. The quantitative estimate of drug-likeness (QED) is 0.782. The standard InChI is InChI=1S/C17H31N3O/c1-14(2)20(15(3)4)12-7-6-10-18-17(21)16-9-8-11-19(5)13-16/h14-16H,8-13H2,1-5H3,(H,18,21). The molecule has 1 rings (SSSR count). The molecule has 0 aliphatic carbocycles. The monoisotopic (exact) mass is 293 g/mol. The third-order valence-corrected chi connectivity index (χ3v) is 4.06. The minimum atomic E-state index is 0.133. The van der Waals surface area contributed by atoms with Crippen LogP contribution in [0, 0.1) is 17.8 Å². The maximum atomic E-state index is 12.0. The Morgan fingerprint density at radius 3 is 2.52 bits per heavy atom. The molecule has 4 nitrogen and oxygen atoms in total. The van der Waals surface area contributed by atoms with E-state index in [9.17, 15) is 4.79 Å². The molecule has 4 heteroatoms. The molecule has 1 amide bonds. The zero-order valence-electron chi connectivity index (χ0n) is 14.3. The Morgan fingerprint density at radius 2 is 1.95 bits per heavy atom. The maximum Gasteiger partial charge on any atom is 0.225 e. The fraction of sp³-hybridized carbons (Fsp3) is 0.824. The number of likely N-dealkylation sites (tertiary alicyclic amines) is 1. The molecule has 1 atom stereocenters. The predicted octanol–water partition coefficient (Wildman–Crippen LogP) is 1.57. The summed E-state index contributed by atoms with van der Waals surface area (Å²) >= 11 is 0. The smallest absolute Gasteiger partial charge is 0.225 e. The Balaban J connectivity index is 2.30. The number of piperidine rings is 1. The van der Waals surface area contributed by atoms with E-state index in [0.29, 0.717) is 18.6 Å². The number of hydrogen-bond donors (Lipinski definition) is 1. The molecule has 0 bridgehead atoms. The average molecular weight is 293 g/mol. The van der Waals surface area contributed by atoms with E-state index in [1.807, 2.05) is 0 Å². The van der Waals surface area contributed by atoms with Gasteiger partial charge in [0, 0.05) is 18.6 Å². The molecule has 1 saturated heterocycles. The van der Waals surface area contributed by atoms with Crippen molar-refractivity contribution < 1.29 is 4.79 Å². The lowest BCUT2D eigenvalue weighted by Crippen LogP contribution is -2.41. The van der Waals surface area contributed by atoms with Gasteiger partial charge < -0.3 is 10.2 Å². The van der Waals surface area contributed by atoms with Gasteiger partial charge in [0.2, 0.25) is 5.91 Å². The van der Waals surface area contributed by atoms with Gasteiger partial charge in [0.25, 0.3) is 0 Å². The molecular weight excluding hydrogens is 262 g/mol. The fourth-order valence-corrected chi connectivity index (χ4v) is 2.83. The van der Waals surface area contributed by atoms with Crippen LogP contribution in [0.5, 0.6) is 0 Å². The van der Waals surface area contributed by atoms with Crippen molar-refractivity contribution in [3.63, 3.8) is 0 Å². The molecule has 21 heavy (non-hydrogen) atoms. The van der Waals surface area contributed by atoms with Crippen molar-refractivity contribution in [2.45, 2.75) is 52.6 Å². The number of rotatable bonds is 5. The summed E-state index contributed by atoms with van der Waals surface area (Å²) in [6.45, 7) is 11.9. The average Bonchev–Trinajstić information content (AvgIpc) is 2.41. The first-order chi connectivity index (χ1) is 9.91. The summed E-state index contributed by atoms with van der Waals surface area (Å²) in [5.41, 5.74) is 0. The number of hydrogen-bond acceptors (Lipinski definition) is 3. The van der Waals surface area contributed by atoms with Crippen LogP contribution in [0.2, 0.25) is 0 Å². The van der Waals surface area contributed by atoms with Crippen LogP contribution in [0.3, 0.4) is 0 Å². The third-order valence-electron chi connectivity index (χ3n) is 4.06. The van der Waals surface area contributed by atoms with Gasteiger partial charge in [0.1, 0.15) is 0 Å². The summed E-state index contributed by atoms with van der Waals surface area (Å²) in [5.74, 6) is 6.52. The van der Waals surface area contributed by atoms with E-state index in [-0.39, 0.29) is 11.8 Å². The number of amides is 1. The minimum Gasteiger partial charge on any atom is -0.345 e. The first-order valence-electron chi connectivity index (χ1n) is 8.09. The summed E-state index contributed by atoms with van der Waals surface area (Å²) < 4.78 is 0. The molecule has 0 spiro atoms. The number of carbonyl (C=O) groups is 1. The minimum absolute atomic E-state index is 0.133. The number of nitrogens with one attached hydrogen (secondary N) is 1. The van der Waals surface area contributed by atoms with Gasteiger partial charge in [-0.1, -0.05) is 11.8 Å². The predicted molar refractivity (Wildman–Crippen MR) is 88.0 cm³/mol. The van der Waals surface area contributed by atoms with Crippen LogP contribution in [-0.2, 0) is 4.79 Å². The molecule has 0 radical (unpaired) electrons. The SMILES string of the molecule is CC(C)N(CC#CCNC(=O)C1CCCN(C)C1)C(C)C. The van der Waals surface area contributed by atoms with Crippen molar-refractivity contribution in [1.82, 2.24) is 15.1 Å². The molecular formula is C17H31N3O. The highest BCUT2D eigenvalue weighted by Gasteiger charge is 2.23. The summed E-state index contributed by atoms with van der Waals surface area (Å²) in [6.07, 6.45) is 2.11. The molecule has 1 fully saturated rings. The molecule has 1 N–H and O–H groups in total. The highest BCUT2D eigenvalue weighted by atomic mass is 16.1.